The first-order valence-corrected chi connectivity index (χ1v) is 9.15. The molecule has 6 heteroatoms. The normalized spacial score (nSPS) is 26.9. The average molecular weight is 334 g/mol. The van der Waals surface area contributed by atoms with Crippen LogP contribution in [0.4, 0.5) is 5.69 Å². The number of hydrogen-bond donors (Lipinski definition) is 2. The van der Waals surface area contributed by atoms with Gasteiger partial charge in [-0.1, -0.05) is 12.5 Å². The van der Waals surface area contributed by atoms with Gasteiger partial charge >= 0.3 is 5.97 Å². The summed E-state index contributed by atoms with van der Waals surface area (Å²) in [5.41, 5.74) is 0.160. The first-order chi connectivity index (χ1) is 11.0. The van der Waals surface area contributed by atoms with Gasteiger partial charge in [0.25, 0.3) is 0 Å². The van der Waals surface area contributed by atoms with Crippen LogP contribution in [0.25, 0.3) is 0 Å². The zero-order valence-electron chi connectivity index (χ0n) is 13.2. The summed E-state index contributed by atoms with van der Waals surface area (Å²) in [4.78, 5) is 27.0. The Labute approximate surface area is 140 Å². The zero-order chi connectivity index (χ0) is 16.4. The second kappa shape index (κ2) is 6.53. The van der Waals surface area contributed by atoms with Crippen LogP contribution in [0.2, 0.25) is 0 Å². The van der Waals surface area contributed by atoms with Gasteiger partial charge in [-0.05, 0) is 43.2 Å². The number of benzene rings is 1. The maximum absolute atomic E-state index is 12.3. The highest BCUT2D eigenvalue weighted by Gasteiger charge is 2.54. The summed E-state index contributed by atoms with van der Waals surface area (Å²) in [5, 5.41) is 12.5. The molecule has 1 aromatic rings. The smallest absolute Gasteiger partial charge is 0.311 e. The van der Waals surface area contributed by atoms with E-state index in [1.807, 2.05) is 35.4 Å². The third-order valence-electron chi connectivity index (χ3n) is 5.09. The summed E-state index contributed by atoms with van der Waals surface area (Å²) in [6, 6.07) is 7.73. The lowest BCUT2D eigenvalue weighted by molar-refractivity contribution is -0.149. The number of carboxylic acid groups (broad SMARTS) is 1. The van der Waals surface area contributed by atoms with E-state index in [0.29, 0.717) is 13.1 Å². The van der Waals surface area contributed by atoms with Crippen LogP contribution in [-0.2, 0) is 9.59 Å². The van der Waals surface area contributed by atoms with Gasteiger partial charge in [0, 0.05) is 23.7 Å². The van der Waals surface area contributed by atoms with Crippen LogP contribution < -0.4 is 5.32 Å². The van der Waals surface area contributed by atoms with Crippen LogP contribution in [0.1, 0.15) is 19.3 Å². The summed E-state index contributed by atoms with van der Waals surface area (Å²) in [6.07, 6.45) is 4.68. The highest BCUT2D eigenvalue weighted by Crippen LogP contribution is 2.48. The molecule has 2 aliphatic rings. The van der Waals surface area contributed by atoms with Crippen molar-refractivity contribution in [2.75, 3.05) is 31.2 Å². The van der Waals surface area contributed by atoms with Gasteiger partial charge in [-0.3, -0.25) is 14.5 Å². The van der Waals surface area contributed by atoms with E-state index in [-0.39, 0.29) is 18.4 Å². The number of aliphatic carboxylic acids is 1. The maximum Gasteiger partial charge on any atom is 0.311 e. The molecule has 0 spiro atoms. The molecule has 5 nitrogen and oxygen atoms in total. The highest BCUT2D eigenvalue weighted by atomic mass is 32.2. The molecule has 2 N–H and O–H groups in total. The molecule has 2 fully saturated rings. The fraction of sp³-hybridized carbons (Fsp3) is 0.529. The molecule has 124 valence electrons. The first-order valence-electron chi connectivity index (χ1n) is 7.93. The molecule has 2 atom stereocenters. The molecule has 1 aromatic carbocycles. The van der Waals surface area contributed by atoms with E-state index in [1.165, 1.54) is 0 Å². The zero-order valence-corrected chi connectivity index (χ0v) is 14.1. The summed E-state index contributed by atoms with van der Waals surface area (Å²) in [6.45, 7) is 1.46. The van der Waals surface area contributed by atoms with Crippen LogP contribution in [0, 0.1) is 11.3 Å². The van der Waals surface area contributed by atoms with Gasteiger partial charge in [-0.15, -0.1) is 11.8 Å². The van der Waals surface area contributed by atoms with Crippen molar-refractivity contribution in [2.45, 2.75) is 24.2 Å². The van der Waals surface area contributed by atoms with Crippen molar-refractivity contribution in [2.24, 2.45) is 11.3 Å². The lowest BCUT2D eigenvalue weighted by Crippen LogP contribution is -2.37. The molecular weight excluding hydrogens is 312 g/mol. The van der Waals surface area contributed by atoms with E-state index in [9.17, 15) is 14.7 Å². The van der Waals surface area contributed by atoms with Crippen LogP contribution in [-0.4, -0.2) is 47.8 Å². The number of fused-ring (bicyclic) bond motifs is 1. The molecule has 0 radical (unpaired) electrons. The van der Waals surface area contributed by atoms with E-state index >= 15 is 0 Å². The Kier molecular flexibility index (Phi) is 4.64. The summed E-state index contributed by atoms with van der Waals surface area (Å²) >= 11 is 1.63. The predicted octanol–water partition coefficient (Wildman–Crippen LogP) is 2.53. The molecule has 1 aliphatic carbocycles. The van der Waals surface area contributed by atoms with Crippen molar-refractivity contribution < 1.29 is 14.7 Å². The monoisotopic (exact) mass is 334 g/mol. The van der Waals surface area contributed by atoms with E-state index in [0.717, 1.165) is 29.8 Å². The molecule has 0 bridgehead atoms. The second-order valence-electron chi connectivity index (χ2n) is 6.50. The molecule has 1 aliphatic heterocycles. The van der Waals surface area contributed by atoms with Crippen LogP contribution in [0.15, 0.2) is 29.2 Å². The molecule has 0 unspecified atom stereocenters. The number of carbonyl (C=O) groups is 2. The SMILES string of the molecule is CSc1cccc(NC(=O)CN2C[C@@H]3CCC[C@@]3(C(=O)O)C2)c1. The van der Waals surface area contributed by atoms with E-state index in [4.69, 9.17) is 0 Å². The summed E-state index contributed by atoms with van der Waals surface area (Å²) < 4.78 is 0. The van der Waals surface area contributed by atoms with Crippen molar-refractivity contribution >= 4 is 29.3 Å². The lowest BCUT2D eigenvalue weighted by Gasteiger charge is -2.23. The molecule has 0 aromatic heterocycles. The maximum atomic E-state index is 12.3. The Morgan fingerprint density at radius 3 is 3.00 bits per heavy atom. The number of rotatable bonds is 5. The van der Waals surface area contributed by atoms with Gasteiger partial charge in [0.1, 0.15) is 0 Å². The minimum absolute atomic E-state index is 0.0798. The van der Waals surface area contributed by atoms with Crippen molar-refractivity contribution in [3.05, 3.63) is 24.3 Å². The topological polar surface area (TPSA) is 69.6 Å². The number of amides is 1. The van der Waals surface area contributed by atoms with Crippen molar-refractivity contribution in [3.63, 3.8) is 0 Å². The molecule has 23 heavy (non-hydrogen) atoms. The van der Waals surface area contributed by atoms with Gasteiger partial charge in [-0.25, -0.2) is 0 Å². The fourth-order valence-corrected chi connectivity index (χ4v) is 4.43. The standard InChI is InChI=1S/C17H22N2O3S/c1-23-14-6-2-5-13(8-14)18-15(20)10-19-9-12-4-3-7-17(12,11-19)16(21)22/h2,5-6,8,12H,3-4,7,9-11H2,1H3,(H,18,20)(H,21,22)/t12-,17+/m0/s1. The van der Waals surface area contributed by atoms with Gasteiger partial charge < -0.3 is 10.4 Å². The third-order valence-corrected chi connectivity index (χ3v) is 5.81. The fourth-order valence-electron chi connectivity index (χ4n) is 3.97. The summed E-state index contributed by atoms with van der Waals surface area (Å²) in [7, 11) is 0. The largest absolute Gasteiger partial charge is 0.481 e. The number of carboxylic acids is 1. The molecule has 1 amide bonds. The van der Waals surface area contributed by atoms with Gasteiger partial charge in [0.2, 0.25) is 5.91 Å². The number of thioether (sulfide) groups is 1. The molecule has 1 heterocycles. The molecular formula is C17H22N2O3S. The van der Waals surface area contributed by atoms with Gasteiger partial charge in [0.05, 0.1) is 12.0 Å². The first kappa shape index (κ1) is 16.3. The molecule has 1 saturated heterocycles. The Balaban J connectivity index is 1.60. The Morgan fingerprint density at radius 2 is 2.30 bits per heavy atom. The average Bonchev–Trinajstić information content (AvgIpc) is 3.05. The van der Waals surface area contributed by atoms with Crippen LogP contribution in [0.3, 0.4) is 0 Å². The number of likely N-dealkylation sites (tertiary alicyclic amines) is 1. The summed E-state index contributed by atoms with van der Waals surface area (Å²) in [5.74, 6) is -0.591. The Bertz CT molecular complexity index is 622. The van der Waals surface area contributed by atoms with Gasteiger partial charge in [-0.2, -0.15) is 0 Å². The number of nitrogens with one attached hydrogen (secondary N) is 1. The highest BCUT2D eigenvalue weighted by molar-refractivity contribution is 7.98. The van der Waals surface area contributed by atoms with Crippen LogP contribution in [0.5, 0.6) is 0 Å². The minimum Gasteiger partial charge on any atom is -0.481 e. The molecule has 3 rings (SSSR count). The van der Waals surface area contributed by atoms with E-state index < -0.39 is 11.4 Å². The van der Waals surface area contributed by atoms with Gasteiger partial charge in [0.15, 0.2) is 0 Å². The minimum atomic E-state index is -0.699. The van der Waals surface area contributed by atoms with Crippen molar-refractivity contribution in [1.29, 1.82) is 0 Å². The third kappa shape index (κ3) is 3.23. The Morgan fingerprint density at radius 1 is 1.48 bits per heavy atom. The quantitative estimate of drug-likeness (QED) is 0.810. The number of anilines is 1. The lowest BCUT2D eigenvalue weighted by atomic mass is 9.81. The van der Waals surface area contributed by atoms with Crippen molar-refractivity contribution in [1.82, 2.24) is 4.90 Å². The Hall–Kier alpha value is -1.53. The van der Waals surface area contributed by atoms with E-state index in [2.05, 4.69) is 5.32 Å². The molecule has 1 saturated carbocycles. The predicted molar refractivity (Wildman–Crippen MR) is 90.7 cm³/mol. The number of carbonyl (C=O) groups excluding carboxylic acids is 1. The van der Waals surface area contributed by atoms with Crippen molar-refractivity contribution in [3.8, 4) is 0 Å². The number of nitrogens with zero attached hydrogens (tertiary/aromatic N) is 1. The second-order valence-corrected chi connectivity index (χ2v) is 7.38. The number of hydrogen-bond acceptors (Lipinski definition) is 4. The van der Waals surface area contributed by atoms with Crippen LogP contribution >= 0.6 is 11.8 Å². The van der Waals surface area contributed by atoms with E-state index in [1.54, 1.807) is 11.8 Å².